The van der Waals surface area contributed by atoms with Gasteiger partial charge in [-0.15, -0.1) is 0 Å². The smallest absolute Gasteiger partial charge is 0.273 e. The van der Waals surface area contributed by atoms with Crippen LogP contribution in [0.5, 0.6) is 5.75 Å². The Morgan fingerprint density at radius 3 is 2.77 bits per heavy atom. The van der Waals surface area contributed by atoms with E-state index in [-0.39, 0.29) is 12.6 Å². The predicted octanol–water partition coefficient (Wildman–Crippen LogP) is 5.49. The summed E-state index contributed by atoms with van der Waals surface area (Å²) in [6.45, 7) is 4.25. The molecule has 2 aromatic carbocycles. The normalized spacial score (nSPS) is 10.8. The van der Waals surface area contributed by atoms with E-state index in [2.05, 4.69) is 26.7 Å². The zero-order chi connectivity index (χ0) is 22.0. The van der Waals surface area contributed by atoms with Crippen LogP contribution < -0.4 is 10.1 Å². The number of ether oxygens (including phenoxy) is 1. The van der Waals surface area contributed by atoms with Crippen LogP contribution in [0.15, 0.2) is 54.9 Å². The number of anilines is 1. The summed E-state index contributed by atoms with van der Waals surface area (Å²) >= 11 is 12.1. The second-order valence-corrected chi connectivity index (χ2v) is 7.90. The molecule has 31 heavy (non-hydrogen) atoms. The minimum absolute atomic E-state index is 0.225. The highest BCUT2D eigenvalue weighted by Crippen LogP contribution is 2.29. The number of aromatic nitrogens is 4. The molecule has 4 aromatic rings. The fourth-order valence-electron chi connectivity index (χ4n) is 3.07. The highest BCUT2D eigenvalue weighted by molar-refractivity contribution is 6.36. The van der Waals surface area contributed by atoms with E-state index in [4.69, 9.17) is 27.9 Å². The Bertz CT molecular complexity index is 1250. The van der Waals surface area contributed by atoms with Crippen molar-refractivity contribution < 1.29 is 9.53 Å². The van der Waals surface area contributed by atoms with Gasteiger partial charge < -0.3 is 10.1 Å². The van der Waals surface area contributed by atoms with Crippen molar-refractivity contribution in [3.63, 3.8) is 0 Å². The fourth-order valence-corrected chi connectivity index (χ4v) is 3.57. The highest BCUT2D eigenvalue weighted by atomic mass is 35.5. The first kappa shape index (κ1) is 21.0. The monoisotopic (exact) mass is 455 g/mol. The van der Waals surface area contributed by atoms with Crippen LogP contribution in [0, 0.1) is 13.8 Å². The number of aromatic amines is 1. The second kappa shape index (κ2) is 8.83. The number of amides is 1. The average Bonchev–Trinajstić information content (AvgIpc) is 3.37. The minimum atomic E-state index is -0.348. The van der Waals surface area contributed by atoms with Crippen LogP contribution >= 0.6 is 23.2 Å². The van der Waals surface area contributed by atoms with Crippen LogP contribution in [0.1, 0.15) is 21.6 Å². The van der Waals surface area contributed by atoms with E-state index in [0.717, 1.165) is 11.3 Å². The fraction of sp³-hybridized carbons (Fsp3) is 0.136. The van der Waals surface area contributed by atoms with E-state index >= 15 is 0 Å². The first-order valence-corrected chi connectivity index (χ1v) is 10.2. The molecule has 1 amide bonds. The van der Waals surface area contributed by atoms with Crippen LogP contribution in [-0.2, 0) is 6.73 Å². The third-order valence-corrected chi connectivity index (χ3v) is 5.15. The number of carbonyl (C=O) groups excluding carboxylic acids is 1. The van der Waals surface area contributed by atoms with Crippen molar-refractivity contribution in [1.82, 2.24) is 20.0 Å². The number of benzene rings is 2. The Labute approximate surface area is 188 Å². The topological polar surface area (TPSA) is 84.8 Å². The predicted molar refractivity (Wildman–Crippen MR) is 121 cm³/mol. The van der Waals surface area contributed by atoms with Gasteiger partial charge in [0.1, 0.15) is 11.4 Å². The third kappa shape index (κ3) is 4.90. The number of aryl methyl sites for hydroxylation is 2. The molecule has 0 bridgehead atoms. The first-order chi connectivity index (χ1) is 14.9. The lowest BCUT2D eigenvalue weighted by Gasteiger charge is -2.09. The number of nitrogens with one attached hydrogen (secondary N) is 2. The van der Waals surface area contributed by atoms with Crippen molar-refractivity contribution in [2.45, 2.75) is 20.6 Å². The van der Waals surface area contributed by atoms with Crippen LogP contribution in [-0.4, -0.2) is 25.9 Å². The lowest BCUT2D eigenvalue weighted by molar-refractivity contribution is 0.102. The van der Waals surface area contributed by atoms with Crippen molar-refractivity contribution in [3.8, 4) is 17.0 Å². The van der Waals surface area contributed by atoms with Gasteiger partial charge in [0.25, 0.3) is 5.91 Å². The summed E-state index contributed by atoms with van der Waals surface area (Å²) < 4.78 is 7.40. The van der Waals surface area contributed by atoms with E-state index < -0.39 is 0 Å². The van der Waals surface area contributed by atoms with E-state index in [1.165, 1.54) is 5.56 Å². The van der Waals surface area contributed by atoms with Gasteiger partial charge in [-0.05, 0) is 49.7 Å². The SMILES string of the molecule is Cc1ccc(OCn2cc(NC(=O)c3cc(-c4ccc(Cl)cc4Cl)n[nH]3)cn2)c(C)c1. The van der Waals surface area contributed by atoms with Gasteiger partial charge >= 0.3 is 0 Å². The number of carbonyl (C=O) groups is 1. The molecule has 9 heteroatoms. The average molecular weight is 456 g/mol. The molecule has 0 aliphatic rings. The van der Waals surface area contributed by atoms with Crippen molar-refractivity contribution in [3.05, 3.63) is 81.7 Å². The number of H-pyrrole nitrogens is 1. The van der Waals surface area contributed by atoms with Crippen LogP contribution in [0.4, 0.5) is 5.69 Å². The summed E-state index contributed by atoms with van der Waals surface area (Å²) in [5, 5.41) is 14.9. The maximum Gasteiger partial charge on any atom is 0.273 e. The largest absolute Gasteiger partial charge is 0.471 e. The summed E-state index contributed by atoms with van der Waals surface area (Å²) in [6, 6.07) is 12.7. The lowest BCUT2D eigenvalue weighted by Crippen LogP contribution is -2.12. The molecule has 0 unspecified atom stereocenters. The van der Waals surface area contributed by atoms with Gasteiger partial charge in [-0.3, -0.25) is 9.89 Å². The van der Waals surface area contributed by atoms with Gasteiger partial charge in [0.05, 0.1) is 28.8 Å². The molecule has 0 spiro atoms. The van der Waals surface area contributed by atoms with Crippen LogP contribution in [0.25, 0.3) is 11.3 Å². The van der Waals surface area contributed by atoms with Gasteiger partial charge in [-0.1, -0.05) is 40.9 Å². The Hall–Kier alpha value is -3.29. The molecule has 0 fully saturated rings. The number of hydrogen-bond donors (Lipinski definition) is 2. The minimum Gasteiger partial charge on any atom is -0.471 e. The molecule has 0 radical (unpaired) electrons. The van der Waals surface area contributed by atoms with Crippen LogP contribution in [0.2, 0.25) is 10.0 Å². The molecule has 0 aliphatic carbocycles. The molecule has 0 saturated carbocycles. The van der Waals surface area contributed by atoms with Gasteiger partial charge in [0, 0.05) is 10.6 Å². The molecule has 0 saturated heterocycles. The molecule has 2 heterocycles. The maximum absolute atomic E-state index is 12.6. The Morgan fingerprint density at radius 2 is 2.00 bits per heavy atom. The number of nitrogens with zero attached hydrogens (tertiary/aromatic N) is 3. The number of halogens is 2. The molecule has 2 N–H and O–H groups in total. The van der Waals surface area contributed by atoms with Gasteiger partial charge in [0.15, 0.2) is 6.73 Å². The zero-order valence-corrected chi connectivity index (χ0v) is 18.3. The van der Waals surface area contributed by atoms with Crippen molar-refractivity contribution in [2.75, 3.05) is 5.32 Å². The Balaban J connectivity index is 1.39. The van der Waals surface area contributed by atoms with E-state index in [9.17, 15) is 4.79 Å². The van der Waals surface area contributed by atoms with Crippen molar-refractivity contribution in [2.24, 2.45) is 0 Å². The number of hydrogen-bond acceptors (Lipinski definition) is 4. The summed E-state index contributed by atoms with van der Waals surface area (Å²) in [4.78, 5) is 12.6. The molecule has 7 nitrogen and oxygen atoms in total. The molecule has 158 valence electrons. The van der Waals surface area contributed by atoms with E-state index in [0.29, 0.717) is 32.7 Å². The summed E-state index contributed by atoms with van der Waals surface area (Å²) in [5.41, 5.74) is 4.28. The standard InChI is InChI=1S/C22H19Cl2N5O2/c1-13-3-6-21(14(2)7-13)31-12-29-11-16(10-25-29)26-22(30)20-9-19(27-28-20)17-5-4-15(23)8-18(17)24/h3-11H,12H2,1-2H3,(H,26,30)(H,27,28). The zero-order valence-electron chi connectivity index (χ0n) is 16.8. The molecular weight excluding hydrogens is 437 g/mol. The molecule has 4 rings (SSSR count). The molecular formula is C22H19Cl2N5O2. The summed E-state index contributed by atoms with van der Waals surface area (Å²) in [6.07, 6.45) is 3.24. The Kier molecular flexibility index (Phi) is 5.97. The van der Waals surface area contributed by atoms with Crippen molar-refractivity contribution in [1.29, 1.82) is 0 Å². The molecule has 0 atom stereocenters. The van der Waals surface area contributed by atoms with Gasteiger partial charge in [-0.2, -0.15) is 10.2 Å². The molecule has 2 aromatic heterocycles. The van der Waals surface area contributed by atoms with E-state index in [1.807, 2.05) is 26.0 Å². The third-order valence-electron chi connectivity index (χ3n) is 4.60. The highest BCUT2D eigenvalue weighted by Gasteiger charge is 2.14. The van der Waals surface area contributed by atoms with Crippen molar-refractivity contribution >= 4 is 34.8 Å². The molecule has 0 aliphatic heterocycles. The summed E-state index contributed by atoms with van der Waals surface area (Å²) in [5.74, 6) is 0.441. The Morgan fingerprint density at radius 1 is 1.16 bits per heavy atom. The van der Waals surface area contributed by atoms with Gasteiger partial charge in [0.2, 0.25) is 0 Å². The van der Waals surface area contributed by atoms with Crippen LogP contribution in [0.3, 0.4) is 0 Å². The quantitative estimate of drug-likeness (QED) is 0.402. The number of rotatable bonds is 6. The first-order valence-electron chi connectivity index (χ1n) is 9.44. The van der Waals surface area contributed by atoms with Gasteiger partial charge in [-0.25, -0.2) is 4.68 Å². The summed E-state index contributed by atoms with van der Waals surface area (Å²) in [7, 11) is 0. The maximum atomic E-state index is 12.6. The van der Waals surface area contributed by atoms with E-state index in [1.54, 1.807) is 41.3 Å². The second-order valence-electron chi connectivity index (χ2n) is 7.06. The lowest BCUT2D eigenvalue weighted by atomic mass is 10.1.